The van der Waals surface area contributed by atoms with Gasteiger partial charge in [-0.3, -0.25) is 0 Å². The zero-order chi connectivity index (χ0) is 13.8. The molecule has 0 bridgehead atoms. The van der Waals surface area contributed by atoms with Crippen molar-refractivity contribution in [2.45, 2.75) is 19.3 Å². The van der Waals surface area contributed by atoms with Crippen LogP contribution in [0.4, 0.5) is 10.1 Å². The van der Waals surface area contributed by atoms with E-state index in [0.29, 0.717) is 5.92 Å². The molecule has 1 unspecified atom stereocenters. The highest BCUT2D eigenvalue weighted by Gasteiger charge is 2.19. The van der Waals surface area contributed by atoms with Crippen molar-refractivity contribution in [3.8, 4) is 0 Å². The number of ether oxygens (including phenoxy) is 1. The van der Waals surface area contributed by atoms with Gasteiger partial charge in [0.15, 0.2) is 0 Å². The van der Waals surface area contributed by atoms with E-state index < -0.39 is 0 Å². The van der Waals surface area contributed by atoms with Gasteiger partial charge in [0, 0.05) is 18.8 Å². The zero-order valence-electron chi connectivity index (χ0n) is 11.9. The van der Waals surface area contributed by atoms with E-state index in [9.17, 15) is 4.39 Å². The molecule has 0 spiro atoms. The van der Waals surface area contributed by atoms with Crippen LogP contribution in [0.25, 0.3) is 0 Å². The van der Waals surface area contributed by atoms with Crippen LogP contribution in [0.1, 0.15) is 18.4 Å². The molecule has 0 amide bonds. The van der Waals surface area contributed by atoms with E-state index in [2.05, 4.69) is 10.2 Å². The maximum absolute atomic E-state index is 13.6. The first kappa shape index (κ1) is 13.8. The van der Waals surface area contributed by atoms with Crippen molar-refractivity contribution >= 4 is 5.69 Å². The summed E-state index contributed by atoms with van der Waals surface area (Å²) in [7, 11) is 0. The van der Waals surface area contributed by atoms with Gasteiger partial charge in [-0.1, -0.05) is 6.07 Å². The highest BCUT2D eigenvalue weighted by molar-refractivity contribution is 5.54. The highest BCUT2D eigenvalue weighted by atomic mass is 19.1. The van der Waals surface area contributed by atoms with E-state index in [4.69, 9.17) is 4.74 Å². The lowest BCUT2D eigenvalue weighted by molar-refractivity contribution is 0.122. The summed E-state index contributed by atoms with van der Waals surface area (Å²) in [5.41, 5.74) is 2.35. The number of anilines is 1. The van der Waals surface area contributed by atoms with Gasteiger partial charge in [0.2, 0.25) is 0 Å². The molecule has 2 heterocycles. The minimum Gasteiger partial charge on any atom is -0.378 e. The first-order valence-electron chi connectivity index (χ1n) is 7.65. The number of halogens is 1. The molecule has 1 aromatic carbocycles. The second-order valence-electron chi connectivity index (χ2n) is 5.79. The van der Waals surface area contributed by atoms with Crippen LogP contribution in [-0.4, -0.2) is 39.4 Å². The van der Waals surface area contributed by atoms with Gasteiger partial charge in [0.25, 0.3) is 0 Å². The van der Waals surface area contributed by atoms with E-state index in [1.54, 1.807) is 12.1 Å². The Balaban J connectivity index is 1.77. The minimum absolute atomic E-state index is 0.142. The Bertz CT molecular complexity index is 440. The molecule has 2 aliphatic heterocycles. The summed E-state index contributed by atoms with van der Waals surface area (Å²) < 4.78 is 19.0. The third kappa shape index (κ3) is 3.30. The highest BCUT2D eigenvalue weighted by Crippen LogP contribution is 2.27. The molecule has 110 valence electrons. The molecular formula is C16H23FN2O. The maximum Gasteiger partial charge on any atom is 0.125 e. The smallest absolute Gasteiger partial charge is 0.125 e. The molecule has 0 aromatic heterocycles. The van der Waals surface area contributed by atoms with Crippen molar-refractivity contribution in [1.82, 2.24) is 5.32 Å². The predicted molar refractivity (Wildman–Crippen MR) is 78.7 cm³/mol. The van der Waals surface area contributed by atoms with E-state index in [1.165, 1.54) is 18.4 Å². The molecule has 1 aromatic rings. The van der Waals surface area contributed by atoms with Crippen LogP contribution in [-0.2, 0) is 11.2 Å². The lowest BCUT2D eigenvalue weighted by Gasteiger charge is -2.32. The Kier molecular flexibility index (Phi) is 4.53. The van der Waals surface area contributed by atoms with E-state index >= 15 is 0 Å². The molecule has 2 aliphatic rings. The summed E-state index contributed by atoms with van der Waals surface area (Å²) >= 11 is 0. The number of hydrogen-bond donors (Lipinski definition) is 1. The Morgan fingerprint density at radius 3 is 2.90 bits per heavy atom. The molecule has 20 heavy (non-hydrogen) atoms. The first-order valence-corrected chi connectivity index (χ1v) is 7.65. The topological polar surface area (TPSA) is 24.5 Å². The van der Waals surface area contributed by atoms with Crippen LogP contribution in [0.2, 0.25) is 0 Å². The van der Waals surface area contributed by atoms with Gasteiger partial charge in [0.1, 0.15) is 5.82 Å². The van der Waals surface area contributed by atoms with Crippen LogP contribution in [0.3, 0.4) is 0 Å². The largest absolute Gasteiger partial charge is 0.378 e. The molecular weight excluding hydrogens is 255 g/mol. The van der Waals surface area contributed by atoms with Crippen LogP contribution in [0, 0.1) is 11.7 Å². The second-order valence-corrected chi connectivity index (χ2v) is 5.79. The molecule has 2 fully saturated rings. The monoisotopic (exact) mass is 278 g/mol. The molecule has 1 atom stereocenters. The lowest BCUT2D eigenvalue weighted by Crippen LogP contribution is -2.37. The molecule has 0 radical (unpaired) electrons. The number of rotatable bonds is 3. The Labute approximate surface area is 120 Å². The molecule has 4 heteroatoms. The predicted octanol–water partition coefficient (Wildman–Crippen LogP) is 2.20. The van der Waals surface area contributed by atoms with Gasteiger partial charge < -0.3 is 15.0 Å². The van der Waals surface area contributed by atoms with E-state index in [0.717, 1.165) is 51.5 Å². The van der Waals surface area contributed by atoms with Crippen molar-refractivity contribution < 1.29 is 9.13 Å². The summed E-state index contributed by atoms with van der Waals surface area (Å²) in [6.07, 6.45) is 3.56. The molecule has 0 saturated carbocycles. The minimum atomic E-state index is -0.142. The van der Waals surface area contributed by atoms with Crippen molar-refractivity contribution in [2.24, 2.45) is 5.92 Å². The van der Waals surface area contributed by atoms with Crippen molar-refractivity contribution in [3.05, 3.63) is 29.6 Å². The van der Waals surface area contributed by atoms with Crippen LogP contribution >= 0.6 is 0 Å². The molecule has 1 N–H and O–H groups in total. The average Bonchev–Trinajstić information content (AvgIpc) is 2.51. The average molecular weight is 278 g/mol. The SMILES string of the molecule is Fc1ccc(CC2CCCNC2)c(N2CCOCC2)c1. The number of benzene rings is 1. The second kappa shape index (κ2) is 6.55. The van der Waals surface area contributed by atoms with Gasteiger partial charge >= 0.3 is 0 Å². The van der Waals surface area contributed by atoms with Crippen LogP contribution in [0.15, 0.2) is 18.2 Å². The number of nitrogens with zero attached hydrogens (tertiary/aromatic N) is 1. The van der Waals surface area contributed by atoms with Gasteiger partial charge in [-0.25, -0.2) is 4.39 Å². The molecule has 2 saturated heterocycles. The van der Waals surface area contributed by atoms with E-state index in [1.807, 2.05) is 6.07 Å². The summed E-state index contributed by atoms with van der Waals surface area (Å²) in [6, 6.07) is 5.25. The van der Waals surface area contributed by atoms with Crippen molar-refractivity contribution in [3.63, 3.8) is 0 Å². The maximum atomic E-state index is 13.6. The Morgan fingerprint density at radius 1 is 1.30 bits per heavy atom. The number of hydrogen-bond acceptors (Lipinski definition) is 3. The third-order valence-corrected chi connectivity index (χ3v) is 4.31. The van der Waals surface area contributed by atoms with Gasteiger partial charge in [-0.05, 0) is 56.0 Å². The van der Waals surface area contributed by atoms with Crippen LogP contribution in [0.5, 0.6) is 0 Å². The Morgan fingerprint density at radius 2 is 2.15 bits per heavy atom. The standard InChI is InChI=1S/C16H23FN2O/c17-15-4-3-14(10-13-2-1-5-18-12-13)16(11-15)19-6-8-20-9-7-19/h3-4,11,13,18H,1-2,5-10,12H2. The number of morpholine rings is 1. The van der Waals surface area contributed by atoms with Gasteiger partial charge in [-0.15, -0.1) is 0 Å². The fraction of sp³-hybridized carbons (Fsp3) is 0.625. The Hall–Kier alpha value is -1.13. The summed E-state index contributed by atoms with van der Waals surface area (Å²) in [6.45, 7) is 5.41. The molecule has 3 nitrogen and oxygen atoms in total. The summed E-state index contributed by atoms with van der Waals surface area (Å²) in [4.78, 5) is 2.26. The molecule has 3 rings (SSSR count). The fourth-order valence-corrected chi connectivity index (χ4v) is 3.22. The van der Waals surface area contributed by atoms with Crippen LogP contribution < -0.4 is 10.2 Å². The lowest BCUT2D eigenvalue weighted by atomic mass is 9.91. The quantitative estimate of drug-likeness (QED) is 0.917. The van der Waals surface area contributed by atoms with Gasteiger partial charge in [-0.2, -0.15) is 0 Å². The van der Waals surface area contributed by atoms with Crippen molar-refractivity contribution in [2.75, 3.05) is 44.3 Å². The number of piperidine rings is 1. The third-order valence-electron chi connectivity index (χ3n) is 4.31. The van der Waals surface area contributed by atoms with Gasteiger partial charge in [0.05, 0.1) is 13.2 Å². The molecule has 0 aliphatic carbocycles. The van der Waals surface area contributed by atoms with E-state index in [-0.39, 0.29) is 5.82 Å². The summed E-state index contributed by atoms with van der Waals surface area (Å²) in [5, 5.41) is 3.46. The number of nitrogens with one attached hydrogen (secondary N) is 1. The fourth-order valence-electron chi connectivity index (χ4n) is 3.22. The normalized spacial score (nSPS) is 23.9. The summed E-state index contributed by atoms with van der Waals surface area (Å²) in [5.74, 6) is 0.533. The van der Waals surface area contributed by atoms with Crippen molar-refractivity contribution in [1.29, 1.82) is 0 Å². The first-order chi connectivity index (χ1) is 9.83. The zero-order valence-corrected chi connectivity index (χ0v) is 11.9.